The third-order valence-electron chi connectivity index (χ3n) is 6.21. The molecule has 0 aliphatic rings. The Labute approximate surface area is 236 Å². The van der Waals surface area contributed by atoms with Crippen LogP contribution in [-0.4, -0.2) is 25.2 Å². The molecular weight excluding hydrogens is 506 g/mol. The number of nitriles is 1. The minimum absolute atomic E-state index is 0.116. The van der Waals surface area contributed by atoms with Crippen molar-refractivity contribution in [2.45, 2.75) is 65.2 Å². The summed E-state index contributed by atoms with van der Waals surface area (Å²) < 4.78 is 22.4. The van der Waals surface area contributed by atoms with Gasteiger partial charge in [0.15, 0.2) is 0 Å². The van der Waals surface area contributed by atoms with Gasteiger partial charge in [0.25, 0.3) is 0 Å². The van der Waals surface area contributed by atoms with Crippen molar-refractivity contribution in [2.75, 3.05) is 13.2 Å². The van der Waals surface area contributed by atoms with E-state index in [0.29, 0.717) is 30.3 Å². The highest BCUT2D eigenvalue weighted by molar-refractivity contribution is 5.95. The summed E-state index contributed by atoms with van der Waals surface area (Å²) in [7, 11) is 0. The number of ether oxygens (including phenoxy) is 4. The van der Waals surface area contributed by atoms with E-state index in [-0.39, 0.29) is 16.9 Å². The summed E-state index contributed by atoms with van der Waals surface area (Å²) in [5, 5.41) is 9.66. The van der Waals surface area contributed by atoms with Gasteiger partial charge in [-0.15, -0.1) is 0 Å². The summed E-state index contributed by atoms with van der Waals surface area (Å²) in [5.74, 6) is 0.494. The third kappa shape index (κ3) is 9.46. The van der Waals surface area contributed by atoms with E-state index in [0.717, 1.165) is 44.3 Å². The summed E-state index contributed by atoms with van der Waals surface area (Å²) in [5.41, 5.74) is 0.550. The quantitative estimate of drug-likeness (QED) is 0.103. The number of benzene rings is 3. The van der Waals surface area contributed by atoms with E-state index in [9.17, 15) is 14.9 Å². The van der Waals surface area contributed by atoms with Gasteiger partial charge in [0, 0.05) is 0 Å². The fraction of sp³-hybridized carbons (Fsp3) is 0.364. The van der Waals surface area contributed by atoms with Crippen molar-refractivity contribution in [1.29, 1.82) is 5.26 Å². The maximum atomic E-state index is 12.8. The second-order valence-electron chi connectivity index (χ2n) is 9.38. The highest BCUT2D eigenvalue weighted by atomic mass is 16.5. The lowest BCUT2D eigenvalue weighted by atomic mass is 10.1. The molecule has 0 unspecified atom stereocenters. The Morgan fingerprint density at radius 3 is 1.80 bits per heavy atom. The number of esters is 2. The zero-order chi connectivity index (χ0) is 28.6. The van der Waals surface area contributed by atoms with E-state index in [1.165, 1.54) is 43.2 Å². The number of carbonyl (C=O) groups is 2. The van der Waals surface area contributed by atoms with E-state index < -0.39 is 11.9 Å². The molecule has 0 N–H and O–H groups in total. The molecule has 3 rings (SSSR count). The van der Waals surface area contributed by atoms with Crippen LogP contribution in [0.2, 0.25) is 0 Å². The number of rotatable bonds is 16. The predicted molar refractivity (Wildman–Crippen MR) is 153 cm³/mol. The van der Waals surface area contributed by atoms with E-state index in [4.69, 9.17) is 18.9 Å². The van der Waals surface area contributed by atoms with Crippen molar-refractivity contribution in [2.24, 2.45) is 0 Å². The van der Waals surface area contributed by atoms with Gasteiger partial charge in [0.1, 0.15) is 34.6 Å². The molecule has 3 aromatic rings. The second kappa shape index (κ2) is 16.6. The Bertz CT molecular complexity index is 1260. The molecule has 0 radical (unpaired) electrons. The van der Waals surface area contributed by atoms with Crippen LogP contribution in [0.25, 0.3) is 0 Å². The molecule has 40 heavy (non-hydrogen) atoms. The number of nitrogens with zero attached hydrogens (tertiary/aromatic N) is 1. The molecular formula is C33H37NO6. The second-order valence-corrected chi connectivity index (χ2v) is 9.38. The van der Waals surface area contributed by atoms with Crippen LogP contribution >= 0.6 is 0 Å². The number of hydrogen-bond acceptors (Lipinski definition) is 7. The zero-order valence-corrected chi connectivity index (χ0v) is 23.3. The van der Waals surface area contributed by atoms with E-state index in [1.807, 2.05) is 0 Å². The van der Waals surface area contributed by atoms with E-state index in [1.54, 1.807) is 36.4 Å². The largest absolute Gasteiger partial charge is 0.494 e. The molecule has 0 spiro atoms. The normalized spacial score (nSPS) is 10.4. The minimum atomic E-state index is -0.684. The average molecular weight is 544 g/mol. The van der Waals surface area contributed by atoms with Crippen LogP contribution in [0, 0.1) is 11.3 Å². The average Bonchev–Trinajstić information content (AvgIpc) is 2.98. The van der Waals surface area contributed by atoms with Crippen LogP contribution in [0.3, 0.4) is 0 Å². The number of hydrogen-bond donors (Lipinski definition) is 0. The lowest BCUT2D eigenvalue weighted by molar-refractivity contribution is 0.0730. The van der Waals surface area contributed by atoms with E-state index >= 15 is 0 Å². The molecule has 210 valence electrons. The van der Waals surface area contributed by atoms with Gasteiger partial charge in [0.2, 0.25) is 0 Å². The molecule has 7 heteroatoms. The summed E-state index contributed by atoms with van der Waals surface area (Å²) in [6.45, 7) is 5.44. The lowest BCUT2D eigenvalue weighted by Gasteiger charge is -2.11. The lowest BCUT2D eigenvalue weighted by Crippen LogP contribution is -2.12. The van der Waals surface area contributed by atoms with Crippen LogP contribution in [0.4, 0.5) is 0 Å². The van der Waals surface area contributed by atoms with Gasteiger partial charge in [-0.25, -0.2) is 9.59 Å². The minimum Gasteiger partial charge on any atom is -0.494 e. The standard InChI is InChI=1S/C33H37NO6/c1-3-5-7-9-22-37-26-18-20-28(21-19-26)39-32(35)25-14-16-27(17-15-25)40-33(36)29-12-11-13-31(30(29)24-34)38-23-10-8-6-4-2/h11-21H,3-10,22-23H2,1-2H3. The van der Waals surface area contributed by atoms with E-state index in [2.05, 4.69) is 19.9 Å². The van der Waals surface area contributed by atoms with Crippen LogP contribution in [0.5, 0.6) is 23.0 Å². The number of unbranched alkanes of at least 4 members (excludes halogenated alkanes) is 6. The van der Waals surface area contributed by atoms with Gasteiger partial charge in [0.05, 0.1) is 24.3 Å². The summed E-state index contributed by atoms with van der Waals surface area (Å²) in [6, 6.07) is 19.9. The van der Waals surface area contributed by atoms with Gasteiger partial charge in [-0.3, -0.25) is 0 Å². The maximum Gasteiger partial charge on any atom is 0.345 e. The fourth-order valence-electron chi connectivity index (χ4n) is 3.96. The van der Waals surface area contributed by atoms with Gasteiger partial charge >= 0.3 is 11.9 Å². The van der Waals surface area contributed by atoms with Gasteiger partial charge in [-0.2, -0.15) is 5.26 Å². The molecule has 0 aliphatic heterocycles. The first-order chi connectivity index (χ1) is 19.5. The van der Waals surface area contributed by atoms with Crippen LogP contribution in [0.1, 0.15) is 91.5 Å². The van der Waals surface area contributed by atoms with Crippen molar-refractivity contribution in [1.82, 2.24) is 0 Å². The van der Waals surface area contributed by atoms with Crippen molar-refractivity contribution < 1.29 is 28.5 Å². The van der Waals surface area contributed by atoms with Crippen molar-refractivity contribution in [3.05, 3.63) is 83.4 Å². The maximum absolute atomic E-state index is 12.8. The number of carbonyl (C=O) groups excluding carboxylic acids is 2. The molecule has 0 atom stereocenters. The summed E-state index contributed by atoms with van der Waals surface area (Å²) >= 11 is 0. The van der Waals surface area contributed by atoms with Crippen LogP contribution < -0.4 is 18.9 Å². The van der Waals surface area contributed by atoms with Crippen LogP contribution in [0.15, 0.2) is 66.7 Å². The fourth-order valence-corrected chi connectivity index (χ4v) is 3.96. The molecule has 3 aromatic carbocycles. The SMILES string of the molecule is CCCCCCOc1ccc(OC(=O)c2ccc(OC(=O)c3cccc(OCCCCCC)c3C#N)cc2)cc1. The summed E-state index contributed by atoms with van der Waals surface area (Å²) in [6.07, 6.45) is 8.70. The predicted octanol–water partition coefficient (Wildman–Crippen LogP) is 7.91. The Kier molecular flexibility index (Phi) is 12.6. The monoisotopic (exact) mass is 543 g/mol. The molecule has 0 saturated carbocycles. The molecule has 0 heterocycles. The van der Waals surface area contributed by atoms with Gasteiger partial charge in [-0.05, 0) is 73.5 Å². The third-order valence-corrected chi connectivity index (χ3v) is 6.21. The smallest absolute Gasteiger partial charge is 0.345 e. The molecule has 7 nitrogen and oxygen atoms in total. The van der Waals surface area contributed by atoms with Crippen molar-refractivity contribution in [3.8, 4) is 29.1 Å². The first-order valence-electron chi connectivity index (χ1n) is 14.0. The first kappa shape index (κ1) is 30.2. The molecule has 0 fully saturated rings. The Balaban J connectivity index is 1.54. The molecule has 0 amide bonds. The molecule has 0 aliphatic carbocycles. The summed E-state index contributed by atoms with van der Waals surface area (Å²) in [4.78, 5) is 25.4. The highest BCUT2D eigenvalue weighted by Crippen LogP contribution is 2.25. The Morgan fingerprint density at radius 1 is 0.650 bits per heavy atom. The zero-order valence-electron chi connectivity index (χ0n) is 23.3. The first-order valence-corrected chi connectivity index (χ1v) is 14.0. The highest BCUT2D eigenvalue weighted by Gasteiger charge is 2.18. The van der Waals surface area contributed by atoms with Gasteiger partial charge < -0.3 is 18.9 Å². The van der Waals surface area contributed by atoms with Crippen LogP contribution in [-0.2, 0) is 0 Å². The molecule has 0 bridgehead atoms. The molecule has 0 aromatic heterocycles. The Hall–Kier alpha value is -4.31. The molecule has 0 saturated heterocycles. The Morgan fingerprint density at radius 2 is 1.20 bits per heavy atom. The topological polar surface area (TPSA) is 94.8 Å². The van der Waals surface area contributed by atoms with Crippen molar-refractivity contribution >= 4 is 11.9 Å². The van der Waals surface area contributed by atoms with Crippen molar-refractivity contribution in [3.63, 3.8) is 0 Å². The van der Waals surface area contributed by atoms with Gasteiger partial charge in [-0.1, -0.05) is 58.4 Å².